The van der Waals surface area contributed by atoms with Gasteiger partial charge in [-0.1, -0.05) is 41.9 Å². The third-order valence-corrected chi connectivity index (χ3v) is 2.93. The average molecular weight is 251 g/mol. The lowest BCUT2D eigenvalue weighted by Crippen LogP contribution is -2.03. The molecule has 1 nitrogen and oxygen atoms in total. The fourth-order valence-electron chi connectivity index (χ4n) is 1.72. The Balaban J connectivity index is 2.20. The largest absolute Gasteiger partial charge is 0.388 e. The van der Waals surface area contributed by atoms with Crippen molar-refractivity contribution in [2.24, 2.45) is 0 Å². The molecule has 3 heteroatoms. The third kappa shape index (κ3) is 3.05. The van der Waals surface area contributed by atoms with Crippen molar-refractivity contribution in [3.8, 4) is 0 Å². The fourth-order valence-corrected chi connectivity index (χ4v) is 1.96. The molecule has 0 heterocycles. The zero-order valence-corrected chi connectivity index (χ0v) is 9.86. The maximum atomic E-state index is 13.1. The van der Waals surface area contributed by atoms with Crippen LogP contribution in [0.3, 0.4) is 0 Å². The summed E-state index contributed by atoms with van der Waals surface area (Å²) in [7, 11) is 0. The molecule has 0 amide bonds. The molecule has 0 radical (unpaired) electrons. The summed E-state index contributed by atoms with van der Waals surface area (Å²) in [6.45, 7) is 0. The van der Waals surface area contributed by atoms with Gasteiger partial charge in [0.1, 0.15) is 5.82 Å². The summed E-state index contributed by atoms with van der Waals surface area (Å²) >= 11 is 5.93. The van der Waals surface area contributed by atoms with Crippen LogP contribution in [0.25, 0.3) is 0 Å². The molecule has 88 valence electrons. The predicted octanol–water partition coefficient (Wildman–Crippen LogP) is 3.76. The maximum absolute atomic E-state index is 13.1. The zero-order chi connectivity index (χ0) is 12.3. The van der Waals surface area contributed by atoms with E-state index in [1.807, 2.05) is 30.3 Å². The first-order chi connectivity index (χ1) is 8.16. The van der Waals surface area contributed by atoms with Crippen molar-refractivity contribution in [2.75, 3.05) is 0 Å². The minimum absolute atomic E-state index is 0.384. The highest BCUT2D eigenvalue weighted by atomic mass is 35.5. The summed E-state index contributed by atoms with van der Waals surface area (Å²) in [5.74, 6) is -0.392. The lowest BCUT2D eigenvalue weighted by atomic mass is 10.0. The van der Waals surface area contributed by atoms with E-state index in [4.69, 9.17) is 11.6 Å². The highest BCUT2D eigenvalue weighted by Gasteiger charge is 2.13. The van der Waals surface area contributed by atoms with Crippen LogP contribution in [-0.2, 0) is 6.42 Å². The number of rotatable bonds is 3. The van der Waals surface area contributed by atoms with Gasteiger partial charge in [0.25, 0.3) is 0 Å². The second-order valence-corrected chi connectivity index (χ2v) is 4.28. The van der Waals surface area contributed by atoms with Crippen molar-refractivity contribution in [2.45, 2.75) is 12.5 Å². The summed E-state index contributed by atoms with van der Waals surface area (Å²) in [6, 6.07) is 13.5. The van der Waals surface area contributed by atoms with Crippen LogP contribution in [0.4, 0.5) is 4.39 Å². The fraction of sp³-hybridized carbons (Fsp3) is 0.143. The molecule has 1 N–H and O–H groups in total. The Labute approximate surface area is 104 Å². The smallest absolute Gasteiger partial charge is 0.123 e. The van der Waals surface area contributed by atoms with E-state index in [2.05, 4.69) is 0 Å². The summed E-state index contributed by atoms with van der Waals surface area (Å²) in [4.78, 5) is 0. The maximum Gasteiger partial charge on any atom is 0.123 e. The van der Waals surface area contributed by atoms with Crippen LogP contribution in [0, 0.1) is 5.82 Å². The quantitative estimate of drug-likeness (QED) is 0.880. The predicted molar refractivity (Wildman–Crippen MR) is 66.5 cm³/mol. The lowest BCUT2D eigenvalue weighted by Gasteiger charge is -2.12. The van der Waals surface area contributed by atoms with Crippen LogP contribution in [0.2, 0.25) is 5.02 Å². The molecular weight excluding hydrogens is 239 g/mol. The second-order valence-electron chi connectivity index (χ2n) is 3.87. The van der Waals surface area contributed by atoms with Crippen LogP contribution < -0.4 is 0 Å². The monoisotopic (exact) mass is 250 g/mol. The number of halogens is 2. The topological polar surface area (TPSA) is 20.2 Å². The molecule has 2 aromatic rings. The van der Waals surface area contributed by atoms with Crippen LogP contribution in [-0.4, -0.2) is 5.11 Å². The van der Waals surface area contributed by atoms with Gasteiger partial charge in [-0.25, -0.2) is 4.39 Å². The summed E-state index contributed by atoms with van der Waals surface area (Å²) < 4.78 is 13.1. The first kappa shape index (κ1) is 12.1. The number of hydrogen-bond donors (Lipinski definition) is 1. The number of aliphatic hydroxyl groups is 1. The van der Waals surface area contributed by atoms with E-state index in [1.54, 1.807) is 0 Å². The third-order valence-electron chi connectivity index (χ3n) is 2.59. The Morgan fingerprint density at radius 3 is 2.53 bits per heavy atom. The Kier molecular flexibility index (Phi) is 3.77. The molecule has 17 heavy (non-hydrogen) atoms. The molecule has 2 rings (SSSR count). The molecule has 0 aliphatic heterocycles. The molecule has 0 aliphatic rings. The highest BCUT2D eigenvalue weighted by Crippen LogP contribution is 2.26. The van der Waals surface area contributed by atoms with E-state index >= 15 is 0 Å². The first-order valence-corrected chi connectivity index (χ1v) is 5.71. The number of benzene rings is 2. The minimum Gasteiger partial charge on any atom is -0.388 e. The molecule has 2 aromatic carbocycles. The molecular formula is C14H12ClFO. The van der Waals surface area contributed by atoms with Crippen molar-refractivity contribution in [1.82, 2.24) is 0 Å². The molecule has 0 saturated carbocycles. The van der Waals surface area contributed by atoms with Crippen LogP contribution in [0.5, 0.6) is 0 Å². The van der Waals surface area contributed by atoms with E-state index in [9.17, 15) is 9.50 Å². The van der Waals surface area contributed by atoms with Gasteiger partial charge in [-0.2, -0.15) is 0 Å². The van der Waals surface area contributed by atoms with Gasteiger partial charge >= 0.3 is 0 Å². The minimum atomic E-state index is -0.791. The molecule has 0 fully saturated rings. The van der Waals surface area contributed by atoms with Gasteiger partial charge < -0.3 is 5.11 Å². The standard InChI is InChI=1S/C14H12ClFO/c15-13-7-6-11(16)9-12(13)14(17)8-10-4-2-1-3-5-10/h1-7,9,14,17H,8H2. The summed E-state index contributed by atoms with van der Waals surface area (Å²) in [5, 5.41) is 10.4. The van der Waals surface area contributed by atoms with E-state index < -0.39 is 11.9 Å². The Morgan fingerprint density at radius 1 is 1.12 bits per heavy atom. The summed E-state index contributed by atoms with van der Waals surface area (Å²) in [6.07, 6.45) is -0.370. The molecule has 0 aliphatic carbocycles. The molecule has 1 atom stereocenters. The highest BCUT2D eigenvalue weighted by molar-refractivity contribution is 6.31. The van der Waals surface area contributed by atoms with Crippen LogP contribution in [0.1, 0.15) is 17.2 Å². The lowest BCUT2D eigenvalue weighted by molar-refractivity contribution is 0.178. The van der Waals surface area contributed by atoms with Crippen molar-refractivity contribution >= 4 is 11.6 Å². The van der Waals surface area contributed by atoms with Crippen LogP contribution in [0.15, 0.2) is 48.5 Å². The number of aliphatic hydroxyl groups excluding tert-OH is 1. The average Bonchev–Trinajstić information content (AvgIpc) is 2.33. The van der Waals surface area contributed by atoms with E-state index in [0.29, 0.717) is 17.0 Å². The van der Waals surface area contributed by atoms with E-state index in [1.165, 1.54) is 18.2 Å². The van der Waals surface area contributed by atoms with Gasteiger partial charge in [-0.15, -0.1) is 0 Å². The van der Waals surface area contributed by atoms with Crippen molar-refractivity contribution in [1.29, 1.82) is 0 Å². The van der Waals surface area contributed by atoms with Gasteiger partial charge in [0, 0.05) is 17.0 Å². The van der Waals surface area contributed by atoms with Gasteiger partial charge in [0.2, 0.25) is 0 Å². The normalized spacial score (nSPS) is 12.4. The SMILES string of the molecule is OC(Cc1ccccc1)c1cc(F)ccc1Cl. The molecule has 0 bridgehead atoms. The Hall–Kier alpha value is -1.38. The van der Waals surface area contributed by atoms with Crippen molar-refractivity contribution in [3.05, 3.63) is 70.5 Å². The van der Waals surface area contributed by atoms with Gasteiger partial charge in [-0.3, -0.25) is 0 Å². The molecule has 0 spiro atoms. The van der Waals surface area contributed by atoms with Gasteiger partial charge in [0.05, 0.1) is 6.10 Å². The second kappa shape index (κ2) is 5.30. The van der Waals surface area contributed by atoms with Crippen LogP contribution >= 0.6 is 11.6 Å². The Bertz CT molecular complexity index is 499. The molecule has 0 saturated heterocycles. The van der Waals surface area contributed by atoms with E-state index in [0.717, 1.165) is 5.56 Å². The zero-order valence-electron chi connectivity index (χ0n) is 9.11. The van der Waals surface area contributed by atoms with E-state index in [-0.39, 0.29) is 0 Å². The summed E-state index contributed by atoms with van der Waals surface area (Å²) in [5.41, 5.74) is 1.41. The Morgan fingerprint density at radius 2 is 1.82 bits per heavy atom. The van der Waals surface area contributed by atoms with Crippen molar-refractivity contribution in [3.63, 3.8) is 0 Å². The van der Waals surface area contributed by atoms with Gasteiger partial charge in [0.15, 0.2) is 0 Å². The van der Waals surface area contributed by atoms with Crippen molar-refractivity contribution < 1.29 is 9.50 Å². The molecule has 1 unspecified atom stereocenters. The first-order valence-electron chi connectivity index (χ1n) is 5.34. The molecule has 0 aromatic heterocycles. The van der Waals surface area contributed by atoms with Gasteiger partial charge in [-0.05, 0) is 23.8 Å². The number of hydrogen-bond acceptors (Lipinski definition) is 1.